The predicted molar refractivity (Wildman–Crippen MR) is 68.4 cm³/mol. The van der Waals surface area contributed by atoms with Crippen LogP contribution in [0.25, 0.3) is 0 Å². The molecule has 1 unspecified atom stereocenters. The van der Waals surface area contributed by atoms with Crippen LogP contribution in [0.2, 0.25) is 0 Å². The molecule has 0 saturated carbocycles. The van der Waals surface area contributed by atoms with E-state index < -0.39 is 0 Å². The summed E-state index contributed by atoms with van der Waals surface area (Å²) < 4.78 is 16.4. The summed E-state index contributed by atoms with van der Waals surface area (Å²) in [6, 6.07) is 4.08. The Kier molecular flexibility index (Phi) is 3.28. The normalized spacial score (nSPS) is 21.9. The van der Waals surface area contributed by atoms with Crippen LogP contribution in [0.5, 0.6) is 17.2 Å². The average molecular weight is 249 g/mol. The van der Waals surface area contributed by atoms with Gasteiger partial charge in [0.1, 0.15) is 0 Å². The van der Waals surface area contributed by atoms with Crippen molar-refractivity contribution in [3.63, 3.8) is 0 Å². The maximum Gasteiger partial charge on any atom is 0.231 e. The maximum atomic E-state index is 5.50. The standard InChI is InChI=1S/C14H19NO3/c1-16-13-11(7-10-3-2-6-15-8-10)4-5-12-14(13)18-9-17-12/h4-5,10,15H,2-3,6-9H2,1H3. The van der Waals surface area contributed by atoms with Crippen molar-refractivity contribution in [2.75, 3.05) is 27.0 Å². The summed E-state index contributed by atoms with van der Waals surface area (Å²) in [7, 11) is 1.69. The van der Waals surface area contributed by atoms with Gasteiger partial charge in [0.2, 0.25) is 12.5 Å². The Morgan fingerprint density at radius 2 is 2.33 bits per heavy atom. The number of hydrogen-bond donors (Lipinski definition) is 1. The summed E-state index contributed by atoms with van der Waals surface area (Å²) >= 11 is 0. The third-order valence-corrected chi connectivity index (χ3v) is 3.69. The molecular formula is C14H19NO3. The van der Waals surface area contributed by atoms with Crippen LogP contribution in [0.3, 0.4) is 0 Å². The van der Waals surface area contributed by atoms with E-state index in [4.69, 9.17) is 14.2 Å². The van der Waals surface area contributed by atoms with Gasteiger partial charge in [-0.05, 0) is 49.9 Å². The Bertz CT molecular complexity index is 427. The Morgan fingerprint density at radius 3 is 3.11 bits per heavy atom. The first-order valence-corrected chi connectivity index (χ1v) is 6.54. The fourth-order valence-electron chi connectivity index (χ4n) is 2.78. The Balaban J connectivity index is 1.82. The molecule has 0 spiro atoms. The molecule has 98 valence electrons. The van der Waals surface area contributed by atoms with Crippen LogP contribution < -0.4 is 19.5 Å². The van der Waals surface area contributed by atoms with E-state index in [1.165, 1.54) is 18.4 Å². The van der Waals surface area contributed by atoms with E-state index in [-0.39, 0.29) is 0 Å². The lowest BCUT2D eigenvalue weighted by atomic mass is 9.92. The largest absolute Gasteiger partial charge is 0.492 e. The number of rotatable bonds is 3. The topological polar surface area (TPSA) is 39.7 Å². The third kappa shape index (κ3) is 2.12. The molecule has 0 bridgehead atoms. The Labute approximate surface area is 107 Å². The lowest BCUT2D eigenvalue weighted by Gasteiger charge is -2.23. The average Bonchev–Trinajstić information content (AvgIpc) is 2.88. The predicted octanol–water partition coefficient (Wildman–Crippen LogP) is 1.97. The number of nitrogens with one attached hydrogen (secondary N) is 1. The fraction of sp³-hybridized carbons (Fsp3) is 0.571. The van der Waals surface area contributed by atoms with E-state index in [0.29, 0.717) is 12.7 Å². The van der Waals surface area contributed by atoms with E-state index in [9.17, 15) is 0 Å². The zero-order valence-electron chi connectivity index (χ0n) is 10.7. The minimum Gasteiger partial charge on any atom is -0.492 e. The van der Waals surface area contributed by atoms with Gasteiger partial charge in [0.05, 0.1) is 7.11 Å². The van der Waals surface area contributed by atoms with Crippen LogP contribution in [0.1, 0.15) is 18.4 Å². The van der Waals surface area contributed by atoms with Crippen molar-refractivity contribution in [3.05, 3.63) is 17.7 Å². The minimum atomic E-state index is 0.292. The van der Waals surface area contributed by atoms with Crippen LogP contribution in [-0.4, -0.2) is 27.0 Å². The van der Waals surface area contributed by atoms with E-state index in [2.05, 4.69) is 11.4 Å². The van der Waals surface area contributed by atoms with Gasteiger partial charge in [0.25, 0.3) is 0 Å². The molecule has 3 rings (SSSR count). The van der Waals surface area contributed by atoms with Gasteiger partial charge in [-0.1, -0.05) is 6.07 Å². The molecule has 2 aliphatic heterocycles. The zero-order valence-corrected chi connectivity index (χ0v) is 10.7. The fourth-order valence-corrected chi connectivity index (χ4v) is 2.78. The van der Waals surface area contributed by atoms with E-state index >= 15 is 0 Å². The molecule has 2 aliphatic rings. The lowest BCUT2D eigenvalue weighted by Crippen LogP contribution is -2.30. The summed E-state index contributed by atoms with van der Waals surface area (Å²) in [5.41, 5.74) is 1.22. The van der Waals surface area contributed by atoms with Gasteiger partial charge in [-0.25, -0.2) is 0 Å². The number of ether oxygens (including phenoxy) is 3. The number of benzene rings is 1. The number of piperidine rings is 1. The minimum absolute atomic E-state index is 0.292. The summed E-state index contributed by atoms with van der Waals surface area (Å²) in [5, 5.41) is 3.45. The molecule has 0 aliphatic carbocycles. The van der Waals surface area contributed by atoms with Gasteiger partial charge in [-0.2, -0.15) is 0 Å². The maximum absolute atomic E-state index is 5.50. The highest BCUT2D eigenvalue weighted by atomic mass is 16.7. The smallest absolute Gasteiger partial charge is 0.231 e. The quantitative estimate of drug-likeness (QED) is 0.889. The summed E-state index contributed by atoms with van der Waals surface area (Å²) in [4.78, 5) is 0. The summed E-state index contributed by atoms with van der Waals surface area (Å²) in [6.07, 6.45) is 3.58. The second-order valence-corrected chi connectivity index (χ2v) is 4.91. The van der Waals surface area contributed by atoms with Gasteiger partial charge >= 0.3 is 0 Å². The molecule has 1 saturated heterocycles. The lowest BCUT2D eigenvalue weighted by molar-refractivity contribution is 0.171. The molecular weight excluding hydrogens is 230 g/mol. The number of hydrogen-bond acceptors (Lipinski definition) is 4. The van der Waals surface area contributed by atoms with Crippen LogP contribution in [0, 0.1) is 5.92 Å². The van der Waals surface area contributed by atoms with Crippen molar-refractivity contribution >= 4 is 0 Å². The monoisotopic (exact) mass is 249 g/mol. The second-order valence-electron chi connectivity index (χ2n) is 4.91. The highest BCUT2D eigenvalue weighted by molar-refractivity contribution is 5.57. The molecule has 1 aromatic carbocycles. The van der Waals surface area contributed by atoms with Crippen LogP contribution in [0.4, 0.5) is 0 Å². The van der Waals surface area contributed by atoms with Crippen molar-refractivity contribution in [1.29, 1.82) is 0 Å². The van der Waals surface area contributed by atoms with Crippen molar-refractivity contribution in [3.8, 4) is 17.2 Å². The molecule has 18 heavy (non-hydrogen) atoms. The Morgan fingerprint density at radius 1 is 1.39 bits per heavy atom. The third-order valence-electron chi connectivity index (χ3n) is 3.69. The van der Waals surface area contributed by atoms with Gasteiger partial charge in [-0.15, -0.1) is 0 Å². The first kappa shape index (κ1) is 11.7. The van der Waals surface area contributed by atoms with Gasteiger partial charge in [0.15, 0.2) is 11.5 Å². The second kappa shape index (κ2) is 5.06. The van der Waals surface area contributed by atoms with Crippen molar-refractivity contribution in [1.82, 2.24) is 5.32 Å². The SMILES string of the molecule is COc1c(CC2CCCNC2)ccc2c1OCO2. The molecule has 1 fully saturated rings. The van der Waals surface area contributed by atoms with Gasteiger partial charge in [0, 0.05) is 0 Å². The highest BCUT2D eigenvalue weighted by Crippen LogP contribution is 2.43. The van der Waals surface area contributed by atoms with Crippen molar-refractivity contribution in [2.24, 2.45) is 5.92 Å². The zero-order chi connectivity index (χ0) is 12.4. The van der Waals surface area contributed by atoms with Crippen LogP contribution in [0.15, 0.2) is 12.1 Å². The highest BCUT2D eigenvalue weighted by Gasteiger charge is 2.23. The molecule has 1 aromatic rings. The van der Waals surface area contributed by atoms with E-state index in [0.717, 1.165) is 36.8 Å². The van der Waals surface area contributed by atoms with Crippen LogP contribution in [-0.2, 0) is 6.42 Å². The van der Waals surface area contributed by atoms with Crippen molar-refractivity contribution < 1.29 is 14.2 Å². The van der Waals surface area contributed by atoms with Gasteiger partial charge in [-0.3, -0.25) is 0 Å². The van der Waals surface area contributed by atoms with Crippen molar-refractivity contribution in [2.45, 2.75) is 19.3 Å². The van der Waals surface area contributed by atoms with E-state index in [1.807, 2.05) is 6.07 Å². The molecule has 0 aromatic heterocycles. The number of fused-ring (bicyclic) bond motifs is 1. The summed E-state index contributed by atoms with van der Waals surface area (Å²) in [5.74, 6) is 3.08. The Hall–Kier alpha value is -1.42. The molecule has 0 radical (unpaired) electrons. The molecule has 1 N–H and O–H groups in total. The molecule has 1 atom stereocenters. The molecule has 4 heteroatoms. The summed E-state index contributed by atoms with van der Waals surface area (Å²) in [6.45, 7) is 2.53. The first-order valence-electron chi connectivity index (χ1n) is 6.54. The molecule has 0 amide bonds. The van der Waals surface area contributed by atoms with Crippen LogP contribution >= 0.6 is 0 Å². The first-order chi connectivity index (χ1) is 8.88. The molecule has 4 nitrogen and oxygen atoms in total. The number of methoxy groups -OCH3 is 1. The molecule has 2 heterocycles. The van der Waals surface area contributed by atoms with Gasteiger partial charge < -0.3 is 19.5 Å². The van der Waals surface area contributed by atoms with E-state index in [1.54, 1.807) is 7.11 Å².